The highest BCUT2D eigenvalue weighted by molar-refractivity contribution is 4.94. The fraction of sp³-hybridized carbons (Fsp3) is 0.846. The van der Waals surface area contributed by atoms with Gasteiger partial charge >= 0.3 is 0 Å². The lowest BCUT2D eigenvalue weighted by molar-refractivity contribution is 0.455. The molecule has 0 aromatic carbocycles. The van der Waals surface area contributed by atoms with Gasteiger partial charge in [0.2, 0.25) is 0 Å². The number of rotatable bonds is 8. The molecule has 0 radical (unpaired) electrons. The molecule has 0 saturated heterocycles. The van der Waals surface area contributed by atoms with Gasteiger partial charge in [-0.15, -0.1) is 5.10 Å². The van der Waals surface area contributed by atoms with E-state index in [1.807, 2.05) is 6.20 Å². The van der Waals surface area contributed by atoms with E-state index >= 15 is 0 Å². The van der Waals surface area contributed by atoms with Gasteiger partial charge in [0.1, 0.15) is 0 Å². The summed E-state index contributed by atoms with van der Waals surface area (Å²) in [7, 11) is 0. The minimum absolute atomic E-state index is 0.639. The van der Waals surface area contributed by atoms with Crippen molar-refractivity contribution in [2.45, 2.75) is 65.8 Å². The highest BCUT2D eigenvalue weighted by Gasteiger charge is 2.05. The number of hydrogen-bond donors (Lipinski definition) is 0. The Hall–Kier alpha value is -0.860. The van der Waals surface area contributed by atoms with Crippen molar-refractivity contribution in [1.82, 2.24) is 15.0 Å². The van der Waals surface area contributed by atoms with Crippen molar-refractivity contribution < 1.29 is 0 Å². The maximum Gasteiger partial charge on any atom is 0.0725 e. The van der Waals surface area contributed by atoms with Crippen LogP contribution < -0.4 is 0 Å². The Labute approximate surface area is 99.2 Å². The molecule has 0 atom stereocenters. The molecule has 0 amide bonds. The zero-order valence-corrected chi connectivity index (χ0v) is 10.9. The van der Waals surface area contributed by atoms with E-state index in [-0.39, 0.29) is 0 Å². The molecule has 0 aliphatic rings. The summed E-state index contributed by atoms with van der Waals surface area (Å²) in [6.07, 6.45) is 9.69. The minimum atomic E-state index is 0.639. The Balaban J connectivity index is 2.27. The van der Waals surface area contributed by atoms with E-state index < -0.39 is 0 Å². The van der Waals surface area contributed by atoms with E-state index in [1.165, 1.54) is 37.8 Å². The van der Waals surface area contributed by atoms with Gasteiger partial charge in [-0.1, -0.05) is 51.7 Å². The Morgan fingerprint density at radius 3 is 2.62 bits per heavy atom. The third kappa shape index (κ3) is 4.77. The minimum Gasteiger partial charge on any atom is -0.249 e. The second-order valence-electron chi connectivity index (χ2n) is 4.97. The van der Waals surface area contributed by atoms with Gasteiger partial charge in [-0.3, -0.25) is 0 Å². The molecule has 3 nitrogen and oxygen atoms in total. The van der Waals surface area contributed by atoms with Gasteiger partial charge in [0, 0.05) is 6.54 Å². The number of unbranched alkanes of at least 4 members (excludes halogenated alkanes) is 4. The smallest absolute Gasteiger partial charge is 0.0725 e. The molecule has 0 bridgehead atoms. The third-order valence-corrected chi connectivity index (χ3v) is 2.77. The molecule has 1 aromatic rings. The van der Waals surface area contributed by atoms with Gasteiger partial charge in [-0.25, -0.2) is 4.68 Å². The Morgan fingerprint density at radius 2 is 1.94 bits per heavy atom. The molecule has 0 saturated carbocycles. The maximum atomic E-state index is 4.14. The standard InChI is InChI=1S/C13H25N3/c1-4-5-6-7-8-9-13-10-14-15-16(13)11-12(2)3/h10,12H,4-9,11H2,1-3H3. The molecule has 1 heterocycles. The highest BCUT2D eigenvalue weighted by atomic mass is 15.4. The second kappa shape index (κ2) is 7.42. The van der Waals surface area contributed by atoms with Crippen LogP contribution in [-0.4, -0.2) is 15.0 Å². The zero-order chi connectivity index (χ0) is 11.8. The van der Waals surface area contributed by atoms with Gasteiger partial charge in [0.25, 0.3) is 0 Å². The zero-order valence-electron chi connectivity index (χ0n) is 10.9. The summed E-state index contributed by atoms with van der Waals surface area (Å²) in [4.78, 5) is 0. The average Bonchev–Trinajstić information content (AvgIpc) is 2.64. The molecular weight excluding hydrogens is 198 g/mol. The maximum absolute atomic E-state index is 4.14. The summed E-state index contributed by atoms with van der Waals surface area (Å²) in [5, 5.41) is 8.14. The summed E-state index contributed by atoms with van der Waals surface area (Å²) in [6.45, 7) is 7.67. The van der Waals surface area contributed by atoms with Crippen molar-refractivity contribution in [3.8, 4) is 0 Å². The first kappa shape index (κ1) is 13.2. The van der Waals surface area contributed by atoms with Crippen molar-refractivity contribution in [2.24, 2.45) is 5.92 Å². The van der Waals surface area contributed by atoms with Crippen molar-refractivity contribution in [3.05, 3.63) is 11.9 Å². The van der Waals surface area contributed by atoms with Gasteiger partial charge in [-0.05, 0) is 18.8 Å². The third-order valence-electron chi connectivity index (χ3n) is 2.77. The molecule has 0 spiro atoms. The van der Waals surface area contributed by atoms with Crippen LogP contribution in [0.5, 0.6) is 0 Å². The number of aryl methyl sites for hydroxylation is 1. The Morgan fingerprint density at radius 1 is 1.19 bits per heavy atom. The first-order chi connectivity index (χ1) is 7.74. The summed E-state index contributed by atoms with van der Waals surface area (Å²) in [5.74, 6) is 0.639. The normalized spacial score (nSPS) is 11.2. The number of nitrogens with zero attached hydrogens (tertiary/aromatic N) is 3. The summed E-state index contributed by atoms with van der Waals surface area (Å²) in [5.41, 5.74) is 1.30. The lowest BCUT2D eigenvalue weighted by Gasteiger charge is -2.08. The molecule has 0 N–H and O–H groups in total. The van der Waals surface area contributed by atoms with E-state index in [2.05, 4.69) is 35.8 Å². The fourth-order valence-corrected chi connectivity index (χ4v) is 1.88. The quantitative estimate of drug-likeness (QED) is 0.632. The molecule has 0 aliphatic heterocycles. The van der Waals surface area contributed by atoms with Gasteiger partial charge in [0.15, 0.2) is 0 Å². The molecule has 0 fully saturated rings. The van der Waals surface area contributed by atoms with Crippen LogP contribution >= 0.6 is 0 Å². The molecular formula is C13H25N3. The molecule has 1 aromatic heterocycles. The summed E-state index contributed by atoms with van der Waals surface area (Å²) >= 11 is 0. The van der Waals surface area contributed by atoms with Crippen LogP contribution in [0.2, 0.25) is 0 Å². The average molecular weight is 223 g/mol. The molecule has 0 unspecified atom stereocenters. The van der Waals surface area contributed by atoms with Crippen molar-refractivity contribution in [2.75, 3.05) is 0 Å². The van der Waals surface area contributed by atoms with Crippen molar-refractivity contribution in [3.63, 3.8) is 0 Å². The van der Waals surface area contributed by atoms with Gasteiger partial charge in [-0.2, -0.15) is 0 Å². The summed E-state index contributed by atoms with van der Waals surface area (Å²) in [6, 6.07) is 0. The van der Waals surface area contributed by atoms with Crippen molar-refractivity contribution >= 4 is 0 Å². The number of hydrogen-bond acceptors (Lipinski definition) is 2. The van der Waals surface area contributed by atoms with Crippen LogP contribution in [-0.2, 0) is 13.0 Å². The molecule has 3 heteroatoms. The largest absolute Gasteiger partial charge is 0.249 e. The first-order valence-electron chi connectivity index (χ1n) is 6.61. The predicted octanol–water partition coefficient (Wildman–Crippen LogP) is 3.45. The summed E-state index contributed by atoms with van der Waals surface area (Å²) < 4.78 is 2.06. The van der Waals surface area contributed by atoms with Crippen LogP contribution in [0.3, 0.4) is 0 Å². The van der Waals surface area contributed by atoms with Gasteiger partial charge in [0.05, 0.1) is 11.9 Å². The van der Waals surface area contributed by atoms with E-state index in [0.29, 0.717) is 5.92 Å². The lowest BCUT2D eigenvalue weighted by Crippen LogP contribution is -2.09. The molecule has 16 heavy (non-hydrogen) atoms. The SMILES string of the molecule is CCCCCCCc1cnnn1CC(C)C. The Bertz CT molecular complexity index is 278. The topological polar surface area (TPSA) is 30.7 Å². The van der Waals surface area contributed by atoms with Crippen molar-refractivity contribution in [1.29, 1.82) is 0 Å². The molecule has 1 rings (SSSR count). The molecule has 92 valence electrons. The van der Waals surface area contributed by atoms with Crippen LogP contribution in [0.4, 0.5) is 0 Å². The van der Waals surface area contributed by atoms with Gasteiger partial charge < -0.3 is 0 Å². The monoisotopic (exact) mass is 223 g/mol. The first-order valence-corrected chi connectivity index (χ1v) is 6.61. The van der Waals surface area contributed by atoms with E-state index in [0.717, 1.165) is 13.0 Å². The van der Waals surface area contributed by atoms with Crippen LogP contribution in [0, 0.1) is 5.92 Å². The Kier molecular flexibility index (Phi) is 6.12. The van der Waals surface area contributed by atoms with E-state index in [9.17, 15) is 0 Å². The fourth-order valence-electron chi connectivity index (χ4n) is 1.88. The second-order valence-corrected chi connectivity index (χ2v) is 4.97. The van der Waals surface area contributed by atoms with E-state index in [4.69, 9.17) is 0 Å². The lowest BCUT2D eigenvalue weighted by atomic mass is 10.1. The highest BCUT2D eigenvalue weighted by Crippen LogP contribution is 2.09. The van der Waals surface area contributed by atoms with Crippen LogP contribution in [0.25, 0.3) is 0 Å². The molecule has 0 aliphatic carbocycles. The van der Waals surface area contributed by atoms with Crippen LogP contribution in [0.15, 0.2) is 6.20 Å². The van der Waals surface area contributed by atoms with Crippen LogP contribution in [0.1, 0.15) is 58.6 Å². The number of aromatic nitrogens is 3. The predicted molar refractivity (Wildman–Crippen MR) is 67.3 cm³/mol. The van der Waals surface area contributed by atoms with E-state index in [1.54, 1.807) is 0 Å².